The van der Waals surface area contributed by atoms with E-state index in [-0.39, 0.29) is 7.25 Å². The van der Waals surface area contributed by atoms with E-state index in [9.17, 15) is 0 Å². The molecule has 0 radical (unpaired) electrons. The average Bonchev–Trinajstić information content (AvgIpc) is 3.30. The molecule has 0 N–H and O–H groups in total. The van der Waals surface area contributed by atoms with Gasteiger partial charge in [-0.15, -0.1) is 0 Å². The third-order valence-electron chi connectivity index (χ3n) is 9.28. The maximum atomic E-state index is 8.61. The molecule has 34 heavy (non-hydrogen) atoms. The predicted molar refractivity (Wildman–Crippen MR) is 155 cm³/mol. The summed E-state index contributed by atoms with van der Waals surface area (Å²) < 4.78 is 1.34. The second kappa shape index (κ2) is 8.58. The van der Waals surface area contributed by atoms with Crippen LogP contribution in [-0.4, -0.2) is 6.65 Å². The van der Waals surface area contributed by atoms with Gasteiger partial charge in [-0.25, -0.2) is 0 Å². The molecule has 0 fully saturated rings. The van der Waals surface area contributed by atoms with Gasteiger partial charge in [-0.3, -0.25) is 0 Å². The van der Waals surface area contributed by atoms with Crippen molar-refractivity contribution in [2.45, 2.75) is 84.7 Å². The molecule has 2 aliphatic rings. The summed E-state index contributed by atoms with van der Waals surface area (Å²) in [5.74, 6) is 0.956. The Morgan fingerprint density at radius 3 is 1.53 bits per heavy atom. The summed E-state index contributed by atoms with van der Waals surface area (Å²) in [5.41, 5.74) is 11.3. The van der Waals surface area contributed by atoms with Gasteiger partial charge in [0.25, 0.3) is 0 Å². The Kier molecular flexibility index (Phi) is 6.73. The molecule has 2 aromatic carbocycles. The van der Waals surface area contributed by atoms with Gasteiger partial charge in [0.15, 0.2) is 0 Å². The van der Waals surface area contributed by atoms with E-state index in [1.807, 2.05) is 0 Å². The fourth-order valence-electron chi connectivity index (χ4n) is 7.96. The van der Waals surface area contributed by atoms with Crippen molar-refractivity contribution in [3.05, 3.63) is 80.9 Å². The standard InChI is InChI=1S/2C13H15.C3H7.CH5Si.2ClH.Zr/c2*1-9(2)12-6-4-5-11-7-10(3)8-13(11)12;1-3-2;1-2;;;/h2*4-9H,1-3H3;1,3H2,2H3;2H2,1H3;2*1H;/q;;;;;;+2/p-2. The Bertz CT molecular complexity index is 1130. The van der Waals surface area contributed by atoms with Crippen LogP contribution in [0.2, 0.25) is 10.7 Å². The van der Waals surface area contributed by atoms with Gasteiger partial charge in [-0.05, 0) is 0 Å². The van der Waals surface area contributed by atoms with E-state index in [1.165, 1.54) is 44.5 Å². The molecule has 2 aromatic rings. The van der Waals surface area contributed by atoms with Crippen LogP contribution in [0.5, 0.6) is 0 Å². The quantitative estimate of drug-likeness (QED) is 0.281. The zero-order valence-electron chi connectivity index (χ0n) is 22.3. The summed E-state index contributed by atoms with van der Waals surface area (Å²) in [6, 6.07) is 13.8. The van der Waals surface area contributed by atoms with E-state index < -0.39 is 20.7 Å². The second-order valence-corrected chi connectivity index (χ2v) is 65.4. The molecule has 2 aliphatic carbocycles. The van der Waals surface area contributed by atoms with E-state index in [1.54, 1.807) is 0 Å². The molecule has 0 saturated heterocycles. The summed E-state index contributed by atoms with van der Waals surface area (Å²) in [4.78, 5) is 0. The molecule has 0 bridgehead atoms. The third kappa shape index (κ3) is 3.60. The first kappa shape index (κ1) is 26.7. The van der Waals surface area contributed by atoms with Crippen LogP contribution >= 0.6 is 17.0 Å². The molecule has 0 aromatic heterocycles. The fourth-order valence-corrected chi connectivity index (χ4v) is 52.8. The summed E-state index contributed by atoms with van der Waals surface area (Å²) in [6.07, 6.45) is 5.91. The number of halogens is 2. The number of fused-ring (bicyclic) bond motifs is 2. The molecule has 2 unspecified atom stereocenters. The average molecular weight is 593 g/mol. The normalized spacial score (nSPS) is 22.1. The van der Waals surface area contributed by atoms with Gasteiger partial charge in [0.05, 0.1) is 0 Å². The van der Waals surface area contributed by atoms with Gasteiger partial charge in [-0.1, -0.05) is 0 Å². The first-order valence-electron chi connectivity index (χ1n) is 13.3. The molecule has 0 spiro atoms. The molecular formula is C30H42Cl2SiZr. The topological polar surface area (TPSA) is 0 Å². The van der Waals surface area contributed by atoms with Gasteiger partial charge in [-0.2, -0.15) is 0 Å². The molecule has 184 valence electrons. The van der Waals surface area contributed by atoms with Gasteiger partial charge < -0.3 is 0 Å². The molecule has 4 rings (SSSR count). The monoisotopic (exact) mass is 590 g/mol. The Balaban J connectivity index is 2.08. The summed E-state index contributed by atoms with van der Waals surface area (Å²) in [6.45, 7) is 17.7. The van der Waals surface area contributed by atoms with Crippen molar-refractivity contribution < 1.29 is 14.1 Å². The van der Waals surface area contributed by atoms with Crippen LogP contribution in [0.1, 0.15) is 107 Å². The van der Waals surface area contributed by atoms with Gasteiger partial charge in [0.1, 0.15) is 0 Å². The Morgan fingerprint density at radius 1 is 0.794 bits per heavy atom. The van der Waals surface area contributed by atoms with Crippen LogP contribution in [0.15, 0.2) is 47.5 Å². The van der Waals surface area contributed by atoms with E-state index in [0.717, 1.165) is 10.5 Å². The Labute approximate surface area is 214 Å². The number of hydrogen-bond acceptors (Lipinski definition) is 0. The first-order chi connectivity index (χ1) is 15.8. The van der Waals surface area contributed by atoms with Crippen molar-refractivity contribution in [2.24, 2.45) is 0 Å². The minimum atomic E-state index is -5.07. The SMILES string of the molecule is CC[CH2][Zr]([Cl])([Cl])([SiH2]C)([CH]1C(C)=Cc2c(C(C)C)cccc21)[CH]1C(C)=Cc2c(C(C)C)cccc21. The number of hydrogen-bond donors (Lipinski definition) is 0. The predicted octanol–water partition coefficient (Wildman–Crippen LogP) is 10.0. The van der Waals surface area contributed by atoms with Crippen LogP contribution in [-0.2, 0) is 14.1 Å². The molecule has 0 amide bonds. The van der Waals surface area contributed by atoms with Crippen molar-refractivity contribution >= 4 is 35.8 Å². The van der Waals surface area contributed by atoms with Crippen LogP contribution in [0.25, 0.3) is 12.2 Å². The van der Waals surface area contributed by atoms with Crippen molar-refractivity contribution in [3.8, 4) is 0 Å². The van der Waals surface area contributed by atoms with Crippen molar-refractivity contribution in [2.75, 3.05) is 0 Å². The molecule has 4 heteroatoms. The zero-order valence-corrected chi connectivity index (χ0v) is 27.7. The van der Waals surface area contributed by atoms with Crippen molar-refractivity contribution in [3.63, 3.8) is 0 Å². The first-order valence-corrected chi connectivity index (χ1v) is 31.5. The summed E-state index contributed by atoms with van der Waals surface area (Å²) >= 11 is -5.07. The van der Waals surface area contributed by atoms with Crippen molar-refractivity contribution in [1.29, 1.82) is 0 Å². The second-order valence-electron chi connectivity index (χ2n) is 12.0. The van der Waals surface area contributed by atoms with E-state index >= 15 is 0 Å². The molecule has 0 aliphatic heterocycles. The van der Waals surface area contributed by atoms with Crippen LogP contribution in [0.4, 0.5) is 0 Å². The molecule has 0 saturated carbocycles. The zero-order chi connectivity index (χ0) is 25.1. The summed E-state index contributed by atoms with van der Waals surface area (Å²) in [5, 5.41) is 0. The van der Waals surface area contributed by atoms with Crippen LogP contribution in [0.3, 0.4) is 0 Å². The van der Waals surface area contributed by atoms with E-state index in [2.05, 4.69) is 104 Å². The van der Waals surface area contributed by atoms with Gasteiger partial charge in [0.2, 0.25) is 0 Å². The number of allylic oxidation sites excluding steroid dienone is 2. The molecule has 0 nitrogen and oxygen atoms in total. The third-order valence-corrected chi connectivity index (χ3v) is 64.6. The van der Waals surface area contributed by atoms with Crippen LogP contribution in [0, 0.1) is 0 Å². The number of rotatable bonds is 7. The number of benzene rings is 2. The van der Waals surface area contributed by atoms with Crippen LogP contribution < -0.4 is 0 Å². The Morgan fingerprint density at radius 2 is 1.21 bits per heavy atom. The Hall–Kier alpha value is -0.400. The van der Waals surface area contributed by atoms with Gasteiger partial charge >= 0.3 is 215 Å². The van der Waals surface area contributed by atoms with Crippen molar-refractivity contribution in [1.82, 2.24) is 0 Å². The molecule has 0 heterocycles. The van der Waals surface area contributed by atoms with E-state index in [4.69, 9.17) is 17.0 Å². The van der Waals surface area contributed by atoms with Gasteiger partial charge in [0, 0.05) is 0 Å². The minimum absolute atomic E-state index is 0.178. The summed E-state index contributed by atoms with van der Waals surface area (Å²) in [7, 11) is 17.2. The van der Waals surface area contributed by atoms with E-state index in [0.29, 0.717) is 11.8 Å². The maximum absolute atomic E-state index is 8.61. The molecular weight excluding hydrogens is 551 g/mol. The molecule has 2 atom stereocenters. The fraction of sp³-hybridized carbons (Fsp3) is 0.467.